The molecule has 2 aromatic carbocycles. The molecular weight excluding hydrogens is 396 g/mol. The number of likely N-dealkylation sites (tertiary alicyclic amines) is 1. The summed E-state index contributed by atoms with van der Waals surface area (Å²) in [6, 6.07) is 13.2. The molecule has 170 valence electrons. The van der Waals surface area contributed by atoms with E-state index >= 15 is 0 Å². The fraction of sp³-hybridized carbons (Fsp3) is 0.464. The van der Waals surface area contributed by atoms with Crippen molar-refractivity contribution in [3.8, 4) is 0 Å². The lowest BCUT2D eigenvalue weighted by molar-refractivity contribution is 0.0911. The second-order valence-electron chi connectivity index (χ2n) is 10.3. The van der Waals surface area contributed by atoms with Crippen LogP contribution in [0.2, 0.25) is 0 Å². The van der Waals surface area contributed by atoms with E-state index in [1.807, 2.05) is 13.0 Å². The van der Waals surface area contributed by atoms with Crippen LogP contribution in [0.3, 0.4) is 0 Å². The topological polar surface area (TPSA) is 45.5 Å². The van der Waals surface area contributed by atoms with E-state index < -0.39 is 0 Å². The molecule has 0 saturated carbocycles. The van der Waals surface area contributed by atoms with Gasteiger partial charge in [0.25, 0.3) is 5.91 Å². The van der Waals surface area contributed by atoms with Crippen molar-refractivity contribution in [2.45, 2.75) is 65.8 Å². The number of aryl methyl sites for hydroxylation is 3. The fourth-order valence-corrected chi connectivity index (χ4v) is 4.68. The molecule has 3 aromatic rings. The van der Waals surface area contributed by atoms with Crippen LogP contribution >= 0.6 is 0 Å². The average Bonchev–Trinajstić information content (AvgIpc) is 3.37. The summed E-state index contributed by atoms with van der Waals surface area (Å²) in [4.78, 5) is 15.6. The first-order valence-electron chi connectivity index (χ1n) is 11.8. The summed E-state index contributed by atoms with van der Waals surface area (Å²) >= 11 is 0. The van der Waals surface area contributed by atoms with E-state index in [4.69, 9.17) is 4.42 Å². The van der Waals surface area contributed by atoms with E-state index in [1.165, 1.54) is 35.1 Å². The highest BCUT2D eigenvalue weighted by Crippen LogP contribution is 2.30. The molecule has 1 aromatic heterocycles. The van der Waals surface area contributed by atoms with Crippen molar-refractivity contribution >= 4 is 16.9 Å². The summed E-state index contributed by atoms with van der Waals surface area (Å²) in [7, 11) is 0. The average molecular weight is 433 g/mol. The first kappa shape index (κ1) is 22.6. The molecule has 0 aliphatic carbocycles. The van der Waals surface area contributed by atoms with Gasteiger partial charge in [-0.2, -0.15) is 0 Å². The first-order valence-corrected chi connectivity index (χ1v) is 11.8. The predicted octanol–water partition coefficient (Wildman–Crippen LogP) is 6.22. The standard InChI is InChI=1S/C28H36N2O2/c1-18-15-23-20(3)26(32-25(23)16-19(18)2)27(31)29-17-24(30-13-7-8-14-30)21-9-11-22(12-10-21)28(4,5)6/h9-12,15-16,24H,7-8,13-14,17H2,1-6H3,(H,29,31)/t24-/m0/s1. The molecule has 1 fully saturated rings. The van der Waals surface area contributed by atoms with Gasteiger partial charge in [0.2, 0.25) is 0 Å². The van der Waals surface area contributed by atoms with Crippen molar-refractivity contribution in [3.63, 3.8) is 0 Å². The van der Waals surface area contributed by atoms with Crippen LogP contribution in [0.15, 0.2) is 40.8 Å². The Hall–Kier alpha value is -2.59. The van der Waals surface area contributed by atoms with E-state index in [0.29, 0.717) is 12.3 Å². The molecule has 4 heteroatoms. The zero-order chi connectivity index (χ0) is 23.0. The maximum absolute atomic E-state index is 13.1. The summed E-state index contributed by atoms with van der Waals surface area (Å²) in [6.07, 6.45) is 2.43. The van der Waals surface area contributed by atoms with Crippen molar-refractivity contribution < 1.29 is 9.21 Å². The predicted molar refractivity (Wildman–Crippen MR) is 131 cm³/mol. The molecule has 0 spiro atoms. The number of furan rings is 1. The van der Waals surface area contributed by atoms with E-state index in [0.717, 1.165) is 29.6 Å². The summed E-state index contributed by atoms with van der Waals surface area (Å²) in [5, 5.41) is 4.20. The number of amides is 1. The van der Waals surface area contributed by atoms with Gasteiger partial charge in [-0.3, -0.25) is 9.69 Å². The molecular formula is C28H36N2O2. The number of nitrogens with one attached hydrogen (secondary N) is 1. The Kier molecular flexibility index (Phi) is 6.17. The van der Waals surface area contributed by atoms with Gasteiger partial charge in [-0.1, -0.05) is 45.0 Å². The van der Waals surface area contributed by atoms with Gasteiger partial charge >= 0.3 is 0 Å². The third-order valence-electron chi connectivity index (χ3n) is 6.96. The lowest BCUT2D eigenvalue weighted by Crippen LogP contribution is -2.37. The lowest BCUT2D eigenvalue weighted by atomic mass is 9.86. The van der Waals surface area contributed by atoms with Crippen LogP contribution < -0.4 is 5.32 Å². The molecule has 0 unspecified atom stereocenters. The van der Waals surface area contributed by atoms with Gasteiger partial charge in [-0.05, 0) is 86.5 Å². The van der Waals surface area contributed by atoms with Crippen LogP contribution in [-0.2, 0) is 5.41 Å². The molecule has 32 heavy (non-hydrogen) atoms. The van der Waals surface area contributed by atoms with Crippen LogP contribution in [0.4, 0.5) is 0 Å². The molecule has 0 bridgehead atoms. The number of benzene rings is 2. The molecule has 4 rings (SSSR count). The Bertz CT molecular complexity index is 1110. The third-order valence-corrected chi connectivity index (χ3v) is 6.96. The summed E-state index contributed by atoms with van der Waals surface area (Å²) in [5.74, 6) is 0.290. The molecule has 1 saturated heterocycles. The largest absolute Gasteiger partial charge is 0.451 e. The van der Waals surface area contributed by atoms with Gasteiger partial charge in [-0.15, -0.1) is 0 Å². The minimum absolute atomic E-state index is 0.130. The van der Waals surface area contributed by atoms with Crippen LogP contribution in [0.1, 0.15) is 78.0 Å². The first-order chi connectivity index (χ1) is 15.1. The molecule has 4 nitrogen and oxygen atoms in total. The summed E-state index contributed by atoms with van der Waals surface area (Å²) in [5.41, 5.74) is 6.79. The zero-order valence-corrected chi connectivity index (χ0v) is 20.3. The van der Waals surface area contributed by atoms with Crippen LogP contribution in [0, 0.1) is 20.8 Å². The number of rotatable bonds is 5. The van der Waals surface area contributed by atoms with E-state index in [9.17, 15) is 4.79 Å². The fourth-order valence-electron chi connectivity index (χ4n) is 4.68. The highest BCUT2D eigenvalue weighted by molar-refractivity contribution is 5.99. The lowest BCUT2D eigenvalue weighted by Gasteiger charge is -2.29. The van der Waals surface area contributed by atoms with Crippen molar-refractivity contribution in [2.24, 2.45) is 0 Å². The normalized spacial score (nSPS) is 15.9. The monoisotopic (exact) mass is 432 g/mol. The van der Waals surface area contributed by atoms with Crippen molar-refractivity contribution in [3.05, 3.63) is 70.0 Å². The number of hydrogen-bond donors (Lipinski definition) is 1. The minimum atomic E-state index is -0.135. The van der Waals surface area contributed by atoms with Gasteiger partial charge in [0.15, 0.2) is 5.76 Å². The van der Waals surface area contributed by atoms with Crippen LogP contribution in [-0.4, -0.2) is 30.4 Å². The van der Waals surface area contributed by atoms with Gasteiger partial charge in [-0.25, -0.2) is 0 Å². The molecule has 0 radical (unpaired) electrons. The van der Waals surface area contributed by atoms with E-state index in [-0.39, 0.29) is 17.4 Å². The Balaban J connectivity index is 1.55. The maximum atomic E-state index is 13.1. The van der Waals surface area contributed by atoms with E-state index in [1.54, 1.807) is 0 Å². The van der Waals surface area contributed by atoms with Gasteiger partial charge in [0.05, 0.1) is 6.04 Å². The molecule has 1 aliphatic heterocycles. The highest BCUT2D eigenvalue weighted by atomic mass is 16.3. The molecule has 1 aliphatic rings. The number of fused-ring (bicyclic) bond motifs is 1. The smallest absolute Gasteiger partial charge is 0.287 e. The molecule has 1 atom stereocenters. The third kappa shape index (κ3) is 4.47. The van der Waals surface area contributed by atoms with Crippen LogP contribution in [0.5, 0.6) is 0 Å². The number of carbonyl (C=O) groups is 1. The van der Waals surface area contributed by atoms with E-state index in [2.05, 4.69) is 75.2 Å². The number of hydrogen-bond acceptors (Lipinski definition) is 3. The van der Waals surface area contributed by atoms with Gasteiger partial charge in [0.1, 0.15) is 5.58 Å². The van der Waals surface area contributed by atoms with Gasteiger partial charge < -0.3 is 9.73 Å². The van der Waals surface area contributed by atoms with Crippen LogP contribution in [0.25, 0.3) is 11.0 Å². The zero-order valence-electron chi connectivity index (χ0n) is 20.3. The Labute approximate surface area is 192 Å². The Morgan fingerprint density at radius 1 is 1.03 bits per heavy atom. The Morgan fingerprint density at radius 3 is 2.28 bits per heavy atom. The number of carbonyl (C=O) groups excluding carboxylic acids is 1. The van der Waals surface area contributed by atoms with Crippen molar-refractivity contribution in [2.75, 3.05) is 19.6 Å². The Morgan fingerprint density at radius 2 is 1.66 bits per heavy atom. The quantitative estimate of drug-likeness (QED) is 0.520. The molecule has 1 amide bonds. The summed E-state index contributed by atoms with van der Waals surface area (Å²) < 4.78 is 5.99. The minimum Gasteiger partial charge on any atom is -0.451 e. The number of nitrogens with zero attached hydrogens (tertiary/aromatic N) is 1. The molecule has 1 N–H and O–H groups in total. The van der Waals surface area contributed by atoms with Crippen molar-refractivity contribution in [1.82, 2.24) is 10.2 Å². The summed E-state index contributed by atoms with van der Waals surface area (Å²) in [6.45, 7) is 15.6. The maximum Gasteiger partial charge on any atom is 0.287 e. The van der Waals surface area contributed by atoms with Crippen molar-refractivity contribution in [1.29, 1.82) is 0 Å². The second-order valence-corrected chi connectivity index (χ2v) is 10.3. The second kappa shape index (κ2) is 8.74. The SMILES string of the molecule is Cc1cc2oc(C(=O)NC[C@@H](c3ccc(C(C)(C)C)cc3)N3CCCC3)c(C)c2cc1C. The molecule has 2 heterocycles. The highest BCUT2D eigenvalue weighted by Gasteiger charge is 2.26. The van der Waals surface area contributed by atoms with Gasteiger partial charge in [0, 0.05) is 17.5 Å².